The van der Waals surface area contributed by atoms with Crippen molar-refractivity contribution in [2.45, 2.75) is 38.6 Å². The van der Waals surface area contributed by atoms with E-state index in [9.17, 15) is 4.79 Å². The number of amides is 1. The minimum atomic E-state index is 0.141. The molecule has 0 unspecified atom stereocenters. The Hall–Kier alpha value is -1.06. The fourth-order valence-corrected chi connectivity index (χ4v) is 4.34. The molecule has 0 aromatic heterocycles. The maximum Gasteiger partial charge on any atom is 0.256 e. The first-order valence-corrected chi connectivity index (χ1v) is 9.27. The lowest BCUT2D eigenvalue weighted by Gasteiger charge is -2.29. The van der Waals surface area contributed by atoms with E-state index in [0.717, 1.165) is 42.5 Å². The van der Waals surface area contributed by atoms with E-state index in [1.54, 1.807) is 0 Å². The van der Waals surface area contributed by atoms with Gasteiger partial charge < -0.3 is 9.80 Å². The summed E-state index contributed by atoms with van der Waals surface area (Å²) >= 11 is 6.47. The Morgan fingerprint density at radius 1 is 1.13 bits per heavy atom. The highest BCUT2D eigenvalue weighted by molar-refractivity contribution is 6.34. The predicted molar refractivity (Wildman–Crippen MR) is 92.8 cm³/mol. The smallest absolute Gasteiger partial charge is 0.256 e. The van der Waals surface area contributed by atoms with Crippen LogP contribution < -0.4 is 0 Å². The third-order valence-electron chi connectivity index (χ3n) is 5.63. The molecular formula is C19H25ClN2O. The zero-order valence-electron chi connectivity index (χ0n) is 13.9. The van der Waals surface area contributed by atoms with Gasteiger partial charge in [0, 0.05) is 13.1 Å². The van der Waals surface area contributed by atoms with Crippen molar-refractivity contribution < 1.29 is 4.79 Å². The van der Waals surface area contributed by atoms with Gasteiger partial charge >= 0.3 is 0 Å². The second-order valence-electron chi connectivity index (χ2n) is 7.69. The van der Waals surface area contributed by atoms with Crippen LogP contribution in [0.25, 0.3) is 0 Å². The van der Waals surface area contributed by atoms with Gasteiger partial charge in [-0.25, -0.2) is 0 Å². The van der Waals surface area contributed by atoms with E-state index in [-0.39, 0.29) is 5.91 Å². The van der Waals surface area contributed by atoms with E-state index in [1.807, 2.05) is 11.0 Å². The summed E-state index contributed by atoms with van der Waals surface area (Å²) in [7, 11) is 2.20. The Labute approximate surface area is 143 Å². The van der Waals surface area contributed by atoms with Gasteiger partial charge in [-0.05, 0) is 81.3 Å². The fourth-order valence-electron chi connectivity index (χ4n) is 4.00. The number of nitrogens with zero attached hydrogens (tertiary/aromatic N) is 2. The highest BCUT2D eigenvalue weighted by Crippen LogP contribution is 2.36. The fraction of sp³-hybridized carbons (Fsp3) is 0.632. The summed E-state index contributed by atoms with van der Waals surface area (Å²) in [6.07, 6.45) is 6.16. The number of hydrogen-bond acceptors (Lipinski definition) is 2. The van der Waals surface area contributed by atoms with Crippen LogP contribution in [-0.2, 0) is 13.0 Å². The maximum absolute atomic E-state index is 12.6. The van der Waals surface area contributed by atoms with Gasteiger partial charge in [-0.15, -0.1) is 0 Å². The zero-order chi connectivity index (χ0) is 16.0. The molecule has 4 rings (SSSR count). The summed E-state index contributed by atoms with van der Waals surface area (Å²) in [5.41, 5.74) is 3.22. The van der Waals surface area contributed by atoms with Crippen molar-refractivity contribution in [1.29, 1.82) is 0 Å². The van der Waals surface area contributed by atoms with Crippen molar-refractivity contribution in [2.24, 2.45) is 11.8 Å². The summed E-state index contributed by atoms with van der Waals surface area (Å²) in [5.74, 6) is 1.62. The molecular weight excluding hydrogens is 308 g/mol. The second kappa shape index (κ2) is 6.10. The first-order chi connectivity index (χ1) is 11.1. The molecule has 2 heterocycles. The molecule has 1 aromatic rings. The van der Waals surface area contributed by atoms with Gasteiger partial charge in [0.05, 0.1) is 10.6 Å². The van der Waals surface area contributed by atoms with Gasteiger partial charge in [-0.1, -0.05) is 17.7 Å². The van der Waals surface area contributed by atoms with E-state index in [4.69, 9.17) is 11.6 Å². The number of likely N-dealkylation sites (tertiary alicyclic amines) is 1. The van der Waals surface area contributed by atoms with Crippen molar-refractivity contribution in [3.05, 3.63) is 33.8 Å². The van der Waals surface area contributed by atoms with Crippen LogP contribution in [0.2, 0.25) is 5.02 Å². The molecule has 1 aromatic carbocycles. The van der Waals surface area contributed by atoms with Gasteiger partial charge in [-0.2, -0.15) is 0 Å². The maximum atomic E-state index is 12.6. The van der Waals surface area contributed by atoms with Crippen LogP contribution in [0, 0.1) is 11.8 Å². The highest BCUT2D eigenvalue weighted by Gasteiger charge is 2.34. The van der Waals surface area contributed by atoms with Crippen LogP contribution in [0.4, 0.5) is 0 Å². The van der Waals surface area contributed by atoms with E-state index >= 15 is 0 Å². The first-order valence-electron chi connectivity index (χ1n) is 8.89. The standard InChI is InChI=1S/C19H25ClN2O/c1-21-6-4-13(5-7-21)8-15-9-16-12-22(11-14-2-3-14)19(23)18(16)17(20)10-15/h9-10,13-14H,2-8,11-12H2,1H3. The van der Waals surface area contributed by atoms with Crippen LogP contribution in [0.3, 0.4) is 0 Å². The molecule has 1 aliphatic carbocycles. The average molecular weight is 333 g/mol. The Kier molecular flexibility index (Phi) is 4.10. The molecule has 4 heteroatoms. The van der Waals surface area contributed by atoms with E-state index in [0.29, 0.717) is 5.02 Å². The lowest BCUT2D eigenvalue weighted by atomic mass is 9.89. The molecule has 1 amide bonds. The van der Waals surface area contributed by atoms with Gasteiger partial charge in [0.2, 0.25) is 0 Å². The molecule has 0 bridgehead atoms. The van der Waals surface area contributed by atoms with Gasteiger partial charge in [-0.3, -0.25) is 4.79 Å². The molecule has 3 nitrogen and oxygen atoms in total. The number of piperidine rings is 1. The quantitative estimate of drug-likeness (QED) is 0.841. The number of hydrogen-bond donors (Lipinski definition) is 0. The number of benzene rings is 1. The van der Waals surface area contributed by atoms with Gasteiger partial charge in [0.25, 0.3) is 5.91 Å². The van der Waals surface area contributed by atoms with Gasteiger partial charge in [0.1, 0.15) is 0 Å². The zero-order valence-corrected chi connectivity index (χ0v) is 14.6. The molecule has 23 heavy (non-hydrogen) atoms. The molecule has 0 spiro atoms. The van der Waals surface area contributed by atoms with Crippen molar-refractivity contribution >= 4 is 17.5 Å². The second-order valence-corrected chi connectivity index (χ2v) is 8.10. The van der Waals surface area contributed by atoms with Crippen LogP contribution in [-0.4, -0.2) is 42.4 Å². The number of halogens is 1. The number of carbonyl (C=O) groups excluding carboxylic acids is 1. The molecule has 0 N–H and O–H groups in total. The van der Waals surface area contributed by atoms with Crippen molar-refractivity contribution in [1.82, 2.24) is 9.80 Å². The Morgan fingerprint density at radius 2 is 1.87 bits per heavy atom. The summed E-state index contributed by atoms with van der Waals surface area (Å²) in [6.45, 7) is 4.05. The Balaban J connectivity index is 1.49. The van der Waals surface area contributed by atoms with Crippen molar-refractivity contribution in [3.8, 4) is 0 Å². The molecule has 0 atom stereocenters. The van der Waals surface area contributed by atoms with E-state index < -0.39 is 0 Å². The summed E-state index contributed by atoms with van der Waals surface area (Å²) in [5, 5.41) is 0.661. The molecule has 2 aliphatic heterocycles. The lowest BCUT2D eigenvalue weighted by molar-refractivity contribution is 0.0771. The third kappa shape index (κ3) is 3.27. The van der Waals surface area contributed by atoms with Crippen LogP contribution in [0.15, 0.2) is 12.1 Å². The first kappa shape index (κ1) is 15.5. The van der Waals surface area contributed by atoms with Crippen LogP contribution in [0.5, 0.6) is 0 Å². The molecule has 0 radical (unpaired) electrons. The van der Waals surface area contributed by atoms with Crippen molar-refractivity contribution in [3.63, 3.8) is 0 Å². The Bertz CT molecular complexity index is 618. The largest absolute Gasteiger partial charge is 0.334 e. The summed E-state index contributed by atoms with van der Waals surface area (Å²) in [4.78, 5) is 17.0. The Morgan fingerprint density at radius 3 is 2.57 bits per heavy atom. The number of fused-ring (bicyclic) bond motifs is 1. The third-order valence-corrected chi connectivity index (χ3v) is 5.93. The number of carbonyl (C=O) groups is 1. The number of rotatable bonds is 4. The SMILES string of the molecule is CN1CCC(Cc2cc(Cl)c3c(c2)CN(CC2CC2)C3=O)CC1. The minimum Gasteiger partial charge on any atom is -0.334 e. The minimum absolute atomic E-state index is 0.141. The van der Waals surface area contributed by atoms with Crippen LogP contribution in [0.1, 0.15) is 47.2 Å². The highest BCUT2D eigenvalue weighted by atomic mass is 35.5. The van der Waals surface area contributed by atoms with E-state index in [2.05, 4.69) is 18.0 Å². The molecule has 1 saturated heterocycles. The monoisotopic (exact) mass is 332 g/mol. The molecule has 3 aliphatic rings. The van der Waals surface area contributed by atoms with Crippen LogP contribution >= 0.6 is 11.6 Å². The molecule has 1 saturated carbocycles. The van der Waals surface area contributed by atoms with Crippen molar-refractivity contribution in [2.75, 3.05) is 26.7 Å². The molecule has 2 fully saturated rings. The summed E-state index contributed by atoms with van der Waals surface area (Å²) in [6, 6.07) is 4.28. The predicted octanol–water partition coefficient (Wildman–Crippen LogP) is 3.59. The molecule has 124 valence electrons. The summed E-state index contributed by atoms with van der Waals surface area (Å²) < 4.78 is 0. The lowest BCUT2D eigenvalue weighted by Crippen LogP contribution is -2.30. The van der Waals surface area contributed by atoms with Gasteiger partial charge in [0.15, 0.2) is 0 Å². The average Bonchev–Trinajstić information content (AvgIpc) is 3.26. The normalized spacial score (nSPS) is 22.7. The van der Waals surface area contributed by atoms with E-state index in [1.165, 1.54) is 44.3 Å². The topological polar surface area (TPSA) is 23.6 Å².